The molecule has 4 rings (SSSR count). The minimum atomic E-state index is -0.209. The van der Waals surface area contributed by atoms with Gasteiger partial charge in [0.15, 0.2) is 0 Å². The zero-order valence-corrected chi connectivity index (χ0v) is 15.9. The van der Waals surface area contributed by atoms with Gasteiger partial charge in [0.05, 0.1) is 17.4 Å². The van der Waals surface area contributed by atoms with E-state index in [0.717, 1.165) is 42.0 Å². The van der Waals surface area contributed by atoms with Crippen LogP contribution in [0.5, 0.6) is 0 Å². The van der Waals surface area contributed by atoms with Crippen LogP contribution in [0.1, 0.15) is 42.4 Å². The van der Waals surface area contributed by atoms with Crippen molar-refractivity contribution in [3.8, 4) is 11.1 Å². The lowest BCUT2D eigenvalue weighted by atomic mass is 9.96. The van der Waals surface area contributed by atoms with E-state index in [1.807, 2.05) is 37.0 Å². The number of benzene rings is 1. The van der Waals surface area contributed by atoms with E-state index in [-0.39, 0.29) is 5.82 Å². The van der Waals surface area contributed by atoms with Gasteiger partial charge in [-0.15, -0.1) is 0 Å². The van der Waals surface area contributed by atoms with Crippen molar-refractivity contribution in [2.24, 2.45) is 7.05 Å². The number of likely N-dealkylation sites (tertiary alicyclic amines) is 1. The lowest BCUT2D eigenvalue weighted by Gasteiger charge is -2.35. The van der Waals surface area contributed by atoms with Crippen molar-refractivity contribution in [2.75, 3.05) is 6.54 Å². The Morgan fingerprint density at radius 3 is 2.63 bits per heavy atom. The van der Waals surface area contributed by atoms with Gasteiger partial charge in [-0.25, -0.2) is 4.39 Å². The molecule has 0 aliphatic carbocycles. The highest BCUT2D eigenvalue weighted by atomic mass is 19.1. The highest BCUT2D eigenvalue weighted by Crippen LogP contribution is 2.33. The zero-order valence-electron chi connectivity index (χ0n) is 15.9. The first-order chi connectivity index (χ1) is 13.1. The van der Waals surface area contributed by atoms with Crippen LogP contribution >= 0.6 is 0 Å². The summed E-state index contributed by atoms with van der Waals surface area (Å²) in [4.78, 5) is 7.37. The second-order valence-corrected chi connectivity index (χ2v) is 7.36. The molecule has 1 aliphatic rings. The highest BCUT2D eigenvalue weighted by molar-refractivity contribution is 5.64. The predicted molar refractivity (Wildman–Crippen MR) is 105 cm³/mol. The normalized spacial score (nSPS) is 18.0. The molecule has 4 nitrogen and oxygen atoms in total. The van der Waals surface area contributed by atoms with Crippen molar-refractivity contribution in [1.82, 2.24) is 19.7 Å². The third kappa shape index (κ3) is 3.93. The number of piperidine rings is 1. The molecule has 0 bridgehead atoms. The summed E-state index contributed by atoms with van der Waals surface area (Å²) in [5, 5.41) is 4.30. The van der Waals surface area contributed by atoms with E-state index < -0.39 is 0 Å². The molecule has 1 fully saturated rings. The summed E-state index contributed by atoms with van der Waals surface area (Å²) in [6.45, 7) is 3.98. The van der Waals surface area contributed by atoms with Crippen LogP contribution in [-0.2, 0) is 13.6 Å². The molecule has 140 valence electrons. The third-order valence-corrected chi connectivity index (χ3v) is 5.39. The van der Waals surface area contributed by atoms with Crippen LogP contribution in [0, 0.1) is 12.7 Å². The van der Waals surface area contributed by atoms with Crippen LogP contribution in [0.15, 0.2) is 48.7 Å². The van der Waals surface area contributed by atoms with Gasteiger partial charge in [-0.1, -0.05) is 18.6 Å². The maximum absolute atomic E-state index is 13.3. The van der Waals surface area contributed by atoms with E-state index in [9.17, 15) is 4.39 Å². The number of hydrogen-bond acceptors (Lipinski definition) is 3. The third-order valence-electron chi connectivity index (χ3n) is 5.39. The summed E-state index contributed by atoms with van der Waals surface area (Å²) in [5.41, 5.74) is 5.45. The Morgan fingerprint density at radius 2 is 1.89 bits per heavy atom. The summed E-state index contributed by atoms with van der Waals surface area (Å²) in [6, 6.07) is 13.3. The fraction of sp³-hybridized carbons (Fsp3) is 0.364. The van der Waals surface area contributed by atoms with E-state index in [4.69, 9.17) is 4.98 Å². The minimum absolute atomic E-state index is 0.209. The summed E-state index contributed by atoms with van der Waals surface area (Å²) in [5.74, 6) is -0.209. The van der Waals surface area contributed by atoms with E-state index >= 15 is 0 Å². The van der Waals surface area contributed by atoms with Gasteiger partial charge >= 0.3 is 0 Å². The number of aryl methyl sites for hydroxylation is 2. The van der Waals surface area contributed by atoms with Crippen molar-refractivity contribution in [3.05, 3.63) is 71.6 Å². The van der Waals surface area contributed by atoms with Crippen LogP contribution in [0.4, 0.5) is 4.39 Å². The Balaban J connectivity index is 1.65. The first-order valence-corrected chi connectivity index (χ1v) is 9.55. The molecule has 0 N–H and O–H groups in total. The van der Waals surface area contributed by atoms with Crippen molar-refractivity contribution >= 4 is 0 Å². The first kappa shape index (κ1) is 17.9. The SMILES string of the molecule is Cc1cc(-c2ccc(F)cc2)cc([C@H]2CCCCN2Cc2ccnn2C)n1. The van der Waals surface area contributed by atoms with Gasteiger partial charge in [0, 0.05) is 25.5 Å². The second-order valence-electron chi connectivity index (χ2n) is 7.36. The van der Waals surface area contributed by atoms with Gasteiger partial charge in [0.2, 0.25) is 0 Å². The Hall–Kier alpha value is -2.53. The van der Waals surface area contributed by atoms with Crippen molar-refractivity contribution in [3.63, 3.8) is 0 Å². The molecule has 0 radical (unpaired) electrons. The van der Waals surface area contributed by atoms with Gasteiger partial charge in [0.1, 0.15) is 5.82 Å². The highest BCUT2D eigenvalue weighted by Gasteiger charge is 2.26. The molecule has 0 saturated carbocycles. The number of nitrogens with zero attached hydrogens (tertiary/aromatic N) is 4. The van der Waals surface area contributed by atoms with Crippen LogP contribution in [0.2, 0.25) is 0 Å². The maximum Gasteiger partial charge on any atom is 0.123 e. The molecule has 0 amide bonds. The molecule has 1 saturated heterocycles. The fourth-order valence-electron chi connectivity index (χ4n) is 3.95. The number of aromatic nitrogens is 3. The van der Waals surface area contributed by atoms with Crippen molar-refractivity contribution in [1.29, 1.82) is 0 Å². The summed E-state index contributed by atoms with van der Waals surface area (Å²) in [6.07, 6.45) is 5.39. The molecule has 0 spiro atoms. The molecule has 1 aliphatic heterocycles. The molecule has 0 unspecified atom stereocenters. The molecule has 3 heterocycles. The van der Waals surface area contributed by atoms with E-state index in [1.165, 1.54) is 30.7 Å². The van der Waals surface area contributed by atoms with Gasteiger partial charge in [-0.05, 0) is 67.8 Å². The molecule has 5 heteroatoms. The average Bonchev–Trinajstić information content (AvgIpc) is 3.07. The predicted octanol–water partition coefficient (Wildman–Crippen LogP) is 4.66. The zero-order chi connectivity index (χ0) is 18.8. The maximum atomic E-state index is 13.3. The quantitative estimate of drug-likeness (QED) is 0.675. The van der Waals surface area contributed by atoms with E-state index in [2.05, 4.69) is 28.2 Å². The molecule has 1 atom stereocenters. The summed E-state index contributed by atoms with van der Waals surface area (Å²) < 4.78 is 15.2. The molecule has 3 aromatic rings. The molecule has 2 aromatic heterocycles. The Labute approximate surface area is 159 Å². The Morgan fingerprint density at radius 1 is 1.07 bits per heavy atom. The largest absolute Gasteiger partial charge is 0.289 e. The summed E-state index contributed by atoms with van der Waals surface area (Å²) in [7, 11) is 1.99. The van der Waals surface area contributed by atoms with Gasteiger partial charge < -0.3 is 0 Å². The average molecular weight is 364 g/mol. The van der Waals surface area contributed by atoms with Gasteiger partial charge in [-0.2, -0.15) is 5.10 Å². The Bertz CT molecular complexity index is 916. The number of rotatable bonds is 4. The monoisotopic (exact) mass is 364 g/mol. The molecular formula is C22H25FN4. The number of pyridine rings is 1. The molecule has 27 heavy (non-hydrogen) atoms. The van der Waals surface area contributed by atoms with Crippen molar-refractivity contribution < 1.29 is 4.39 Å². The van der Waals surface area contributed by atoms with E-state index in [1.54, 1.807) is 0 Å². The number of halogens is 1. The second kappa shape index (κ2) is 7.61. The lowest BCUT2D eigenvalue weighted by Crippen LogP contribution is -2.34. The first-order valence-electron chi connectivity index (χ1n) is 9.55. The topological polar surface area (TPSA) is 34.0 Å². The number of hydrogen-bond donors (Lipinski definition) is 0. The fourth-order valence-corrected chi connectivity index (χ4v) is 3.95. The standard InChI is InChI=1S/C22H25FN4/c1-16-13-18(17-6-8-19(23)9-7-17)14-21(25-16)22-5-3-4-12-27(22)15-20-10-11-24-26(20)2/h6-11,13-14,22H,3-5,12,15H2,1-2H3/t22-/m1/s1. The minimum Gasteiger partial charge on any atom is -0.289 e. The smallest absolute Gasteiger partial charge is 0.123 e. The van der Waals surface area contributed by atoms with Crippen LogP contribution < -0.4 is 0 Å². The van der Waals surface area contributed by atoms with Gasteiger partial charge in [-0.3, -0.25) is 14.6 Å². The Kier molecular flexibility index (Phi) is 5.03. The van der Waals surface area contributed by atoms with Crippen LogP contribution in [0.3, 0.4) is 0 Å². The van der Waals surface area contributed by atoms with Crippen molar-refractivity contribution in [2.45, 2.75) is 38.8 Å². The summed E-state index contributed by atoms with van der Waals surface area (Å²) >= 11 is 0. The molecular weight excluding hydrogens is 339 g/mol. The lowest BCUT2D eigenvalue weighted by molar-refractivity contribution is 0.134. The van der Waals surface area contributed by atoms with Crippen LogP contribution in [0.25, 0.3) is 11.1 Å². The van der Waals surface area contributed by atoms with Crippen LogP contribution in [-0.4, -0.2) is 26.2 Å². The molecule has 1 aromatic carbocycles. The van der Waals surface area contributed by atoms with E-state index in [0.29, 0.717) is 6.04 Å². The van der Waals surface area contributed by atoms with Gasteiger partial charge in [0.25, 0.3) is 0 Å².